The van der Waals surface area contributed by atoms with Crippen molar-refractivity contribution in [2.75, 3.05) is 13.1 Å². The second-order valence-corrected chi connectivity index (χ2v) is 10.5. The van der Waals surface area contributed by atoms with E-state index in [1.807, 2.05) is 45.0 Å². The van der Waals surface area contributed by atoms with Crippen LogP contribution < -0.4 is 5.32 Å². The number of amides is 1. The van der Waals surface area contributed by atoms with Gasteiger partial charge in [-0.3, -0.25) is 9.78 Å². The number of hydrogen-bond acceptors (Lipinski definition) is 6. The topological polar surface area (TPSA) is 80.8 Å². The van der Waals surface area contributed by atoms with E-state index in [0.29, 0.717) is 38.4 Å². The van der Waals surface area contributed by atoms with Gasteiger partial charge in [0.15, 0.2) is 0 Å². The number of pyridine rings is 1. The van der Waals surface area contributed by atoms with Crippen LogP contribution >= 0.6 is 0 Å². The van der Waals surface area contributed by atoms with E-state index in [9.17, 15) is 14.0 Å². The Morgan fingerprint density at radius 2 is 1.74 bits per heavy atom. The Morgan fingerprint density at radius 1 is 1.03 bits per heavy atom. The van der Waals surface area contributed by atoms with Gasteiger partial charge in [-0.1, -0.05) is 42.5 Å². The van der Waals surface area contributed by atoms with Gasteiger partial charge >= 0.3 is 5.97 Å². The molecule has 2 atom stereocenters. The van der Waals surface area contributed by atoms with Crippen LogP contribution in [0, 0.1) is 11.2 Å². The number of aromatic nitrogens is 1. The Hall–Kier alpha value is -3.62. The number of ether oxygens (including phenoxy) is 1. The van der Waals surface area contributed by atoms with Crippen molar-refractivity contribution in [1.29, 1.82) is 0 Å². The van der Waals surface area contributed by atoms with Crippen LogP contribution in [0.1, 0.15) is 60.3 Å². The molecule has 1 aliphatic rings. The zero-order valence-corrected chi connectivity index (χ0v) is 22.0. The minimum atomic E-state index is -0.622. The summed E-state index contributed by atoms with van der Waals surface area (Å²) in [5.74, 6) is -0.826. The van der Waals surface area contributed by atoms with E-state index in [1.54, 1.807) is 41.6 Å². The van der Waals surface area contributed by atoms with Crippen LogP contribution in [0.4, 0.5) is 4.39 Å². The average Bonchev–Trinajstić information content (AvgIpc) is 2.91. The molecule has 2 aromatic carbocycles. The molecular formula is C30H34FN3O4. The maximum Gasteiger partial charge on any atom is 0.330 e. The van der Waals surface area contributed by atoms with E-state index in [0.717, 1.165) is 16.7 Å². The molecular weight excluding hydrogens is 485 g/mol. The first-order chi connectivity index (χ1) is 18.2. The summed E-state index contributed by atoms with van der Waals surface area (Å²) in [6, 6.07) is 19.5. The quantitative estimate of drug-likeness (QED) is 0.450. The molecule has 1 amide bonds. The average molecular weight is 520 g/mol. The van der Waals surface area contributed by atoms with E-state index >= 15 is 0 Å². The summed E-state index contributed by atoms with van der Waals surface area (Å²) < 4.78 is 20.0. The SMILES string of the molecule is CC(C)(C)C(=O)ON1CCC(c2ccc(F)cc2)C(OCc2ccccc2CNC(=O)c2ccccn2)C1. The highest BCUT2D eigenvalue weighted by Gasteiger charge is 2.35. The van der Waals surface area contributed by atoms with Crippen molar-refractivity contribution in [2.45, 2.75) is 52.4 Å². The summed E-state index contributed by atoms with van der Waals surface area (Å²) in [5, 5.41) is 4.58. The van der Waals surface area contributed by atoms with Crippen LogP contribution in [-0.4, -0.2) is 41.1 Å². The summed E-state index contributed by atoms with van der Waals surface area (Å²) in [5.41, 5.74) is 2.59. The molecule has 200 valence electrons. The summed E-state index contributed by atoms with van der Waals surface area (Å²) in [6.07, 6.45) is 1.98. The van der Waals surface area contributed by atoms with E-state index in [-0.39, 0.29) is 29.7 Å². The van der Waals surface area contributed by atoms with Crippen molar-refractivity contribution >= 4 is 11.9 Å². The first-order valence-corrected chi connectivity index (χ1v) is 12.8. The molecule has 0 aliphatic carbocycles. The third-order valence-corrected chi connectivity index (χ3v) is 6.55. The van der Waals surface area contributed by atoms with Gasteiger partial charge < -0.3 is 14.9 Å². The maximum absolute atomic E-state index is 13.6. The van der Waals surface area contributed by atoms with Crippen LogP contribution in [0.25, 0.3) is 0 Å². The van der Waals surface area contributed by atoms with Crippen molar-refractivity contribution in [3.63, 3.8) is 0 Å². The fraction of sp³-hybridized carbons (Fsp3) is 0.367. The van der Waals surface area contributed by atoms with Gasteiger partial charge in [0.2, 0.25) is 0 Å². The standard InChI is InChI=1S/C30H34FN3O4/c1-30(2,3)29(36)38-34-17-15-25(21-11-13-24(31)14-12-21)27(19-34)37-20-23-9-5-4-8-22(23)18-33-28(35)26-10-6-7-16-32-26/h4-14,16,25,27H,15,17-20H2,1-3H3,(H,33,35). The number of carbonyl (C=O) groups is 2. The van der Waals surface area contributed by atoms with E-state index in [1.165, 1.54) is 12.1 Å². The molecule has 0 spiro atoms. The van der Waals surface area contributed by atoms with Crippen LogP contribution in [0.3, 0.4) is 0 Å². The number of nitrogens with one attached hydrogen (secondary N) is 1. The fourth-order valence-electron chi connectivity index (χ4n) is 4.32. The zero-order valence-electron chi connectivity index (χ0n) is 22.0. The lowest BCUT2D eigenvalue weighted by molar-refractivity contribution is -0.216. The fourth-order valence-corrected chi connectivity index (χ4v) is 4.32. The number of carbonyl (C=O) groups excluding carboxylic acids is 2. The molecule has 0 bridgehead atoms. The molecule has 1 aliphatic heterocycles. The van der Waals surface area contributed by atoms with Gasteiger partial charge in [0.05, 0.1) is 24.7 Å². The Morgan fingerprint density at radius 3 is 2.42 bits per heavy atom. The molecule has 1 N–H and O–H groups in total. The van der Waals surface area contributed by atoms with Crippen molar-refractivity contribution in [2.24, 2.45) is 5.41 Å². The van der Waals surface area contributed by atoms with Crippen molar-refractivity contribution in [1.82, 2.24) is 15.4 Å². The molecule has 1 saturated heterocycles. The highest BCUT2D eigenvalue weighted by molar-refractivity contribution is 5.92. The number of benzene rings is 2. The Labute approximate surface area is 222 Å². The lowest BCUT2D eigenvalue weighted by Gasteiger charge is -2.38. The van der Waals surface area contributed by atoms with Crippen LogP contribution in [0.5, 0.6) is 0 Å². The van der Waals surface area contributed by atoms with Gasteiger partial charge in [0.1, 0.15) is 11.5 Å². The van der Waals surface area contributed by atoms with Crippen molar-refractivity contribution in [3.8, 4) is 0 Å². The Balaban J connectivity index is 1.46. The summed E-state index contributed by atoms with van der Waals surface area (Å²) in [4.78, 5) is 34.7. The molecule has 4 rings (SSSR count). The molecule has 2 unspecified atom stereocenters. The van der Waals surface area contributed by atoms with Gasteiger partial charge in [-0.2, -0.15) is 0 Å². The summed E-state index contributed by atoms with van der Waals surface area (Å²) >= 11 is 0. The lowest BCUT2D eigenvalue weighted by atomic mass is 9.87. The molecule has 38 heavy (non-hydrogen) atoms. The molecule has 0 saturated carbocycles. The second kappa shape index (κ2) is 12.3. The number of piperidine rings is 1. The molecule has 8 heteroatoms. The van der Waals surface area contributed by atoms with Gasteiger partial charge in [-0.25, -0.2) is 9.18 Å². The predicted octanol–water partition coefficient (Wildman–Crippen LogP) is 5.03. The monoisotopic (exact) mass is 519 g/mol. The minimum Gasteiger partial charge on any atom is -0.371 e. The van der Waals surface area contributed by atoms with Crippen LogP contribution in [0.15, 0.2) is 72.9 Å². The number of nitrogens with zero attached hydrogens (tertiary/aromatic N) is 2. The van der Waals surface area contributed by atoms with Crippen LogP contribution in [0.2, 0.25) is 0 Å². The highest BCUT2D eigenvalue weighted by atomic mass is 19.1. The second-order valence-electron chi connectivity index (χ2n) is 10.5. The van der Waals surface area contributed by atoms with Gasteiger partial charge in [-0.15, -0.1) is 5.06 Å². The van der Waals surface area contributed by atoms with Gasteiger partial charge in [0.25, 0.3) is 5.91 Å². The number of hydrogen-bond donors (Lipinski definition) is 1. The van der Waals surface area contributed by atoms with E-state index in [4.69, 9.17) is 9.57 Å². The molecule has 3 aromatic rings. The number of hydroxylamine groups is 2. The molecule has 7 nitrogen and oxygen atoms in total. The zero-order chi connectivity index (χ0) is 27.1. The lowest BCUT2D eigenvalue weighted by Crippen LogP contribution is -2.46. The van der Waals surface area contributed by atoms with E-state index in [2.05, 4.69) is 10.3 Å². The highest BCUT2D eigenvalue weighted by Crippen LogP contribution is 2.32. The smallest absolute Gasteiger partial charge is 0.330 e. The van der Waals surface area contributed by atoms with Crippen molar-refractivity contribution in [3.05, 3.63) is 101 Å². The molecule has 0 radical (unpaired) electrons. The number of halogens is 1. The third-order valence-electron chi connectivity index (χ3n) is 6.55. The Bertz CT molecular complexity index is 1230. The van der Waals surface area contributed by atoms with Crippen molar-refractivity contribution < 1.29 is 23.6 Å². The predicted molar refractivity (Wildman–Crippen MR) is 141 cm³/mol. The Kier molecular flexibility index (Phi) is 8.86. The maximum atomic E-state index is 13.6. The minimum absolute atomic E-state index is 0.0104. The largest absolute Gasteiger partial charge is 0.371 e. The normalized spacial score (nSPS) is 18.1. The van der Waals surface area contributed by atoms with Crippen LogP contribution in [-0.2, 0) is 27.5 Å². The van der Waals surface area contributed by atoms with Gasteiger partial charge in [-0.05, 0) is 68.1 Å². The summed E-state index contributed by atoms with van der Waals surface area (Å²) in [7, 11) is 0. The molecule has 1 fully saturated rings. The molecule has 2 heterocycles. The van der Waals surface area contributed by atoms with E-state index < -0.39 is 5.41 Å². The number of rotatable bonds is 8. The first-order valence-electron chi connectivity index (χ1n) is 12.8. The summed E-state index contributed by atoms with van der Waals surface area (Å²) in [6.45, 7) is 7.03. The third kappa shape index (κ3) is 7.24. The van der Waals surface area contributed by atoms with Gasteiger partial charge in [0, 0.05) is 25.2 Å². The first kappa shape index (κ1) is 27.4. The molecule has 1 aromatic heterocycles.